The van der Waals surface area contributed by atoms with Gasteiger partial charge in [0.2, 0.25) is 5.91 Å². The molecule has 0 unspecified atom stereocenters. The SMILES string of the molecule is Cc1ccn(-c2cccc(C(C)C)c2)c(=O)c1C(=O)Nc1cccc(CC(N)=O)c1. The molecule has 0 radical (unpaired) electrons. The summed E-state index contributed by atoms with van der Waals surface area (Å²) in [7, 11) is 0. The van der Waals surface area contributed by atoms with Crippen LogP contribution >= 0.6 is 0 Å². The Balaban J connectivity index is 1.96. The summed E-state index contributed by atoms with van der Waals surface area (Å²) in [4.78, 5) is 37.2. The van der Waals surface area contributed by atoms with Crippen molar-refractivity contribution in [3.8, 4) is 5.69 Å². The molecular formula is C24H25N3O3. The van der Waals surface area contributed by atoms with E-state index in [2.05, 4.69) is 19.2 Å². The number of nitrogens with one attached hydrogen (secondary N) is 1. The number of aromatic nitrogens is 1. The maximum absolute atomic E-state index is 13.2. The highest BCUT2D eigenvalue weighted by Crippen LogP contribution is 2.18. The Bertz CT molecular complexity index is 1160. The molecule has 0 spiro atoms. The van der Waals surface area contributed by atoms with E-state index < -0.39 is 11.8 Å². The van der Waals surface area contributed by atoms with Gasteiger partial charge in [-0.2, -0.15) is 0 Å². The van der Waals surface area contributed by atoms with Crippen LogP contribution in [0.2, 0.25) is 0 Å². The van der Waals surface area contributed by atoms with E-state index in [1.54, 1.807) is 43.5 Å². The third-order valence-corrected chi connectivity index (χ3v) is 4.91. The fourth-order valence-corrected chi connectivity index (χ4v) is 3.29. The largest absolute Gasteiger partial charge is 0.369 e. The Morgan fingerprint density at radius 2 is 1.80 bits per heavy atom. The van der Waals surface area contributed by atoms with E-state index in [0.717, 1.165) is 5.56 Å². The number of hydrogen-bond acceptors (Lipinski definition) is 3. The van der Waals surface area contributed by atoms with E-state index in [4.69, 9.17) is 5.73 Å². The zero-order valence-corrected chi connectivity index (χ0v) is 17.3. The molecule has 3 rings (SSSR count). The zero-order valence-electron chi connectivity index (χ0n) is 17.3. The highest BCUT2D eigenvalue weighted by Gasteiger charge is 2.17. The number of anilines is 1. The van der Waals surface area contributed by atoms with Crippen LogP contribution in [0.4, 0.5) is 5.69 Å². The number of carbonyl (C=O) groups is 2. The molecule has 0 saturated heterocycles. The van der Waals surface area contributed by atoms with Gasteiger partial charge in [0.05, 0.1) is 6.42 Å². The van der Waals surface area contributed by atoms with Crippen molar-refractivity contribution in [2.75, 3.05) is 5.32 Å². The maximum atomic E-state index is 13.2. The summed E-state index contributed by atoms with van der Waals surface area (Å²) in [5.41, 5.74) is 8.52. The number of amides is 2. The van der Waals surface area contributed by atoms with Crippen molar-refractivity contribution in [3.05, 3.63) is 93.4 Å². The number of rotatable bonds is 6. The first-order chi connectivity index (χ1) is 14.3. The van der Waals surface area contributed by atoms with Gasteiger partial charge in [-0.15, -0.1) is 0 Å². The Morgan fingerprint density at radius 3 is 2.50 bits per heavy atom. The van der Waals surface area contributed by atoms with Crippen LogP contribution in [0.25, 0.3) is 5.69 Å². The molecule has 0 aliphatic carbocycles. The van der Waals surface area contributed by atoms with Gasteiger partial charge in [0, 0.05) is 17.6 Å². The molecule has 3 aromatic rings. The lowest BCUT2D eigenvalue weighted by Gasteiger charge is -2.13. The van der Waals surface area contributed by atoms with Crippen LogP contribution in [-0.2, 0) is 11.2 Å². The molecule has 3 N–H and O–H groups in total. The summed E-state index contributed by atoms with van der Waals surface area (Å²) in [6.07, 6.45) is 1.76. The van der Waals surface area contributed by atoms with Gasteiger partial charge in [-0.3, -0.25) is 19.0 Å². The van der Waals surface area contributed by atoms with Gasteiger partial charge in [-0.1, -0.05) is 38.1 Å². The third-order valence-electron chi connectivity index (χ3n) is 4.91. The number of nitrogens with two attached hydrogens (primary N) is 1. The van der Waals surface area contributed by atoms with Crippen LogP contribution in [0.5, 0.6) is 0 Å². The lowest BCUT2D eigenvalue weighted by molar-refractivity contribution is -0.117. The molecule has 0 saturated carbocycles. The molecule has 2 amide bonds. The van der Waals surface area contributed by atoms with E-state index in [-0.39, 0.29) is 17.5 Å². The maximum Gasteiger partial charge on any atom is 0.268 e. The van der Waals surface area contributed by atoms with Crippen LogP contribution in [-0.4, -0.2) is 16.4 Å². The van der Waals surface area contributed by atoms with Crippen molar-refractivity contribution in [1.29, 1.82) is 0 Å². The molecule has 0 bridgehead atoms. The van der Waals surface area contributed by atoms with Crippen LogP contribution in [0.1, 0.15) is 46.8 Å². The molecule has 6 nitrogen and oxygen atoms in total. The summed E-state index contributed by atoms with van der Waals surface area (Å²) in [5.74, 6) is -0.631. The predicted molar refractivity (Wildman–Crippen MR) is 118 cm³/mol. The number of pyridine rings is 1. The number of carbonyl (C=O) groups excluding carboxylic acids is 2. The number of primary amides is 1. The van der Waals surface area contributed by atoms with Gasteiger partial charge in [0.25, 0.3) is 11.5 Å². The minimum atomic E-state index is -0.497. The minimum Gasteiger partial charge on any atom is -0.369 e. The molecule has 30 heavy (non-hydrogen) atoms. The summed E-state index contributed by atoms with van der Waals surface area (Å²) < 4.78 is 1.48. The lowest BCUT2D eigenvalue weighted by atomic mass is 10.0. The Morgan fingerprint density at radius 1 is 1.07 bits per heavy atom. The van der Waals surface area contributed by atoms with Crippen LogP contribution in [0.15, 0.2) is 65.6 Å². The first-order valence-electron chi connectivity index (χ1n) is 9.77. The van der Waals surface area contributed by atoms with Crippen molar-refractivity contribution in [3.63, 3.8) is 0 Å². The summed E-state index contributed by atoms with van der Waals surface area (Å²) in [5, 5.41) is 2.76. The van der Waals surface area contributed by atoms with Gasteiger partial charge >= 0.3 is 0 Å². The van der Waals surface area contributed by atoms with Crippen LogP contribution in [0.3, 0.4) is 0 Å². The Labute approximate surface area is 175 Å². The number of aryl methyl sites for hydroxylation is 1. The summed E-state index contributed by atoms with van der Waals surface area (Å²) in [6, 6.07) is 16.3. The molecule has 0 fully saturated rings. The van der Waals surface area contributed by atoms with Crippen molar-refractivity contribution in [2.24, 2.45) is 5.73 Å². The Hall–Kier alpha value is -3.67. The fraction of sp³-hybridized carbons (Fsp3) is 0.208. The van der Waals surface area contributed by atoms with Gasteiger partial charge in [-0.25, -0.2) is 0 Å². The van der Waals surface area contributed by atoms with E-state index in [9.17, 15) is 14.4 Å². The molecule has 1 heterocycles. The van der Waals surface area contributed by atoms with Crippen molar-refractivity contribution in [1.82, 2.24) is 4.57 Å². The number of benzene rings is 2. The lowest BCUT2D eigenvalue weighted by Crippen LogP contribution is -2.29. The molecular weight excluding hydrogens is 378 g/mol. The molecule has 0 aliphatic heterocycles. The fourth-order valence-electron chi connectivity index (χ4n) is 3.29. The Kier molecular flexibility index (Phi) is 6.16. The summed E-state index contributed by atoms with van der Waals surface area (Å²) in [6.45, 7) is 5.90. The summed E-state index contributed by atoms with van der Waals surface area (Å²) >= 11 is 0. The molecule has 1 aromatic heterocycles. The smallest absolute Gasteiger partial charge is 0.268 e. The average Bonchev–Trinajstić information content (AvgIpc) is 2.68. The van der Waals surface area contributed by atoms with Crippen molar-refractivity contribution < 1.29 is 9.59 Å². The topological polar surface area (TPSA) is 94.2 Å². The van der Waals surface area contributed by atoms with Gasteiger partial charge in [0.15, 0.2) is 0 Å². The molecule has 6 heteroatoms. The van der Waals surface area contributed by atoms with Gasteiger partial charge < -0.3 is 11.1 Å². The first-order valence-corrected chi connectivity index (χ1v) is 9.77. The van der Waals surface area contributed by atoms with E-state index in [1.807, 2.05) is 24.3 Å². The highest BCUT2D eigenvalue weighted by molar-refractivity contribution is 6.05. The van der Waals surface area contributed by atoms with Crippen LogP contribution in [0, 0.1) is 6.92 Å². The number of hydrogen-bond donors (Lipinski definition) is 2. The predicted octanol–water partition coefficient (Wildman–Crippen LogP) is 3.55. The van der Waals surface area contributed by atoms with E-state index in [1.165, 1.54) is 4.57 Å². The normalized spacial score (nSPS) is 10.8. The van der Waals surface area contributed by atoms with Crippen LogP contribution < -0.4 is 16.6 Å². The highest BCUT2D eigenvalue weighted by atomic mass is 16.2. The number of nitrogens with zero attached hydrogens (tertiary/aromatic N) is 1. The second-order valence-corrected chi connectivity index (χ2v) is 7.60. The molecule has 154 valence electrons. The second kappa shape index (κ2) is 8.78. The van der Waals surface area contributed by atoms with Crippen molar-refractivity contribution >= 4 is 17.5 Å². The molecule has 0 atom stereocenters. The van der Waals surface area contributed by atoms with E-state index in [0.29, 0.717) is 28.4 Å². The monoisotopic (exact) mass is 403 g/mol. The van der Waals surface area contributed by atoms with Gasteiger partial charge in [0.1, 0.15) is 5.56 Å². The minimum absolute atomic E-state index is 0.0765. The third kappa shape index (κ3) is 4.66. The zero-order chi connectivity index (χ0) is 21.8. The standard InChI is InChI=1S/C24H25N3O3/c1-15(2)18-7-5-9-20(14-18)27-11-10-16(3)22(24(27)30)23(29)26-19-8-4-6-17(12-19)13-21(25)28/h4-12,14-15H,13H2,1-3H3,(H2,25,28)(H,26,29). The molecule has 0 aliphatic rings. The van der Waals surface area contributed by atoms with E-state index >= 15 is 0 Å². The quantitative estimate of drug-likeness (QED) is 0.659. The van der Waals surface area contributed by atoms with Crippen molar-refractivity contribution in [2.45, 2.75) is 33.1 Å². The average molecular weight is 403 g/mol. The second-order valence-electron chi connectivity index (χ2n) is 7.60. The first kappa shape index (κ1) is 21.0. The van der Waals surface area contributed by atoms with Gasteiger partial charge in [-0.05, 0) is 59.9 Å². The molecule has 2 aromatic carbocycles.